The first-order valence-electron chi connectivity index (χ1n) is 13.1. The van der Waals surface area contributed by atoms with Crippen molar-refractivity contribution in [2.75, 3.05) is 13.2 Å². The van der Waals surface area contributed by atoms with E-state index in [4.69, 9.17) is 13.6 Å². The standard InChI is InChI=1S/C31H42O3Si2/c1-7-9-23-32-29-17-13-27(14-18-29)28-15-19-30(20-16-28)33-24-10-25-35(3,4)34-36(5,6)31-21-11-26(8-2)12-22-31/h8,11-22H,2,7,9-10,23-25H2,1,3-6H3. The maximum absolute atomic E-state index is 6.83. The van der Waals surface area contributed by atoms with Crippen LogP contribution in [0.4, 0.5) is 0 Å². The second kappa shape index (κ2) is 13.1. The molecule has 3 aromatic carbocycles. The van der Waals surface area contributed by atoms with Crippen LogP contribution < -0.4 is 14.7 Å². The van der Waals surface area contributed by atoms with E-state index in [1.54, 1.807) is 0 Å². The van der Waals surface area contributed by atoms with Gasteiger partial charge in [0, 0.05) is 0 Å². The van der Waals surface area contributed by atoms with E-state index in [0.29, 0.717) is 6.61 Å². The van der Waals surface area contributed by atoms with Gasteiger partial charge in [-0.25, -0.2) is 0 Å². The van der Waals surface area contributed by atoms with Crippen molar-refractivity contribution in [1.29, 1.82) is 0 Å². The fraction of sp³-hybridized carbons (Fsp3) is 0.355. The van der Waals surface area contributed by atoms with E-state index < -0.39 is 16.6 Å². The van der Waals surface area contributed by atoms with E-state index in [1.165, 1.54) is 16.3 Å². The molecule has 5 heteroatoms. The van der Waals surface area contributed by atoms with Crippen LogP contribution in [0, 0.1) is 0 Å². The minimum Gasteiger partial charge on any atom is -0.494 e. The molecule has 0 aliphatic carbocycles. The van der Waals surface area contributed by atoms with Crippen LogP contribution in [-0.4, -0.2) is 29.8 Å². The predicted octanol–water partition coefficient (Wildman–Crippen LogP) is 8.28. The lowest BCUT2D eigenvalue weighted by Gasteiger charge is -2.34. The number of rotatable bonds is 14. The maximum atomic E-state index is 6.83. The van der Waals surface area contributed by atoms with Gasteiger partial charge in [-0.3, -0.25) is 0 Å². The summed E-state index contributed by atoms with van der Waals surface area (Å²) < 4.78 is 18.6. The molecule has 3 aromatic rings. The normalized spacial score (nSPS) is 11.8. The molecule has 0 saturated heterocycles. The fourth-order valence-corrected chi connectivity index (χ4v) is 12.7. The summed E-state index contributed by atoms with van der Waals surface area (Å²) >= 11 is 0. The van der Waals surface area contributed by atoms with Gasteiger partial charge in [0.2, 0.25) is 8.32 Å². The average molecular weight is 519 g/mol. The first-order valence-corrected chi connectivity index (χ1v) is 19.1. The van der Waals surface area contributed by atoms with Crippen LogP contribution in [0.25, 0.3) is 17.2 Å². The Bertz CT molecular complexity index is 1070. The number of ether oxygens (including phenoxy) is 2. The summed E-state index contributed by atoms with van der Waals surface area (Å²) in [5.41, 5.74) is 3.51. The molecule has 3 rings (SSSR count). The highest BCUT2D eigenvalue weighted by molar-refractivity contribution is 6.92. The average Bonchev–Trinajstić information content (AvgIpc) is 2.87. The highest BCUT2D eigenvalue weighted by Gasteiger charge is 2.34. The zero-order chi connectivity index (χ0) is 26.0. The summed E-state index contributed by atoms with van der Waals surface area (Å²) in [5.74, 6) is 1.84. The van der Waals surface area contributed by atoms with Gasteiger partial charge in [0.25, 0.3) is 0 Å². The molecule has 0 aliphatic rings. The Labute approximate surface area is 220 Å². The van der Waals surface area contributed by atoms with E-state index in [2.05, 4.69) is 100 Å². The lowest BCUT2D eigenvalue weighted by Crippen LogP contribution is -2.52. The van der Waals surface area contributed by atoms with Gasteiger partial charge in [-0.15, -0.1) is 0 Å². The maximum Gasteiger partial charge on any atom is 0.205 e. The van der Waals surface area contributed by atoms with Crippen LogP contribution >= 0.6 is 0 Å². The zero-order valence-electron chi connectivity index (χ0n) is 22.7. The molecular formula is C31H42O3Si2. The Hall–Kier alpha value is -2.61. The van der Waals surface area contributed by atoms with Gasteiger partial charge >= 0.3 is 0 Å². The molecule has 0 heterocycles. The highest BCUT2D eigenvalue weighted by atomic mass is 28.4. The van der Waals surface area contributed by atoms with Crippen molar-refractivity contribution in [3.05, 3.63) is 84.9 Å². The molecular weight excluding hydrogens is 477 g/mol. The third-order valence-corrected chi connectivity index (χ3v) is 13.9. The van der Waals surface area contributed by atoms with Crippen LogP contribution in [0.15, 0.2) is 79.4 Å². The van der Waals surface area contributed by atoms with E-state index in [9.17, 15) is 0 Å². The Kier molecular flexibility index (Phi) is 10.2. The van der Waals surface area contributed by atoms with Gasteiger partial charge in [0.15, 0.2) is 8.32 Å². The van der Waals surface area contributed by atoms with Crippen molar-refractivity contribution >= 4 is 27.9 Å². The van der Waals surface area contributed by atoms with E-state index in [1.807, 2.05) is 18.2 Å². The van der Waals surface area contributed by atoms with Crippen molar-refractivity contribution in [3.8, 4) is 22.6 Å². The molecule has 0 atom stereocenters. The summed E-state index contributed by atoms with van der Waals surface area (Å²) in [6, 6.07) is 26.4. The van der Waals surface area contributed by atoms with Gasteiger partial charge in [0.1, 0.15) is 11.5 Å². The van der Waals surface area contributed by atoms with Crippen molar-refractivity contribution in [3.63, 3.8) is 0 Å². The second-order valence-corrected chi connectivity index (χ2v) is 18.8. The topological polar surface area (TPSA) is 27.7 Å². The van der Waals surface area contributed by atoms with Crippen LogP contribution in [0.3, 0.4) is 0 Å². The quantitative estimate of drug-likeness (QED) is 0.159. The van der Waals surface area contributed by atoms with Crippen LogP contribution in [-0.2, 0) is 4.12 Å². The molecule has 0 fully saturated rings. The fourth-order valence-electron chi connectivity index (χ4n) is 4.33. The molecule has 0 radical (unpaired) electrons. The van der Waals surface area contributed by atoms with Crippen LogP contribution in [0.5, 0.6) is 11.5 Å². The van der Waals surface area contributed by atoms with Gasteiger partial charge < -0.3 is 13.6 Å². The van der Waals surface area contributed by atoms with Gasteiger partial charge in [-0.1, -0.05) is 74.5 Å². The monoisotopic (exact) mass is 518 g/mol. The van der Waals surface area contributed by atoms with Crippen LogP contribution in [0.2, 0.25) is 32.2 Å². The zero-order valence-corrected chi connectivity index (χ0v) is 24.7. The molecule has 36 heavy (non-hydrogen) atoms. The lowest BCUT2D eigenvalue weighted by molar-refractivity contribution is 0.309. The Morgan fingerprint density at radius 3 is 1.67 bits per heavy atom. The first-order chi connectivity index (χ1) is 17.2. The summed E-state index contributed by atoms with van der Waals surface area (Å²) in [5, 5.41) is 1.34. The van der Waals surface area contributed by atoms with Crippen molar-refractivity contribution in [1.82, 2.24) is 0 Å². The smallest absolute Gasteiger partial charge is 0.205 e. The number of benzene rings is 3. The third-order valence-electron chi connectivity index (χ3n) is 6.37. The number of unbranched alkanes of at least 4 members (excludes halogenated alkanes) is 1. The summed E-state index contributed by atoms with van der Waals surface area (Å²) in [7, 11) is -3.75. The molecule has 192 valence electrons. The summed E-state index contributed by atoms with van der Waals surface area (Å²) in [6.45, 7) is 16.8. The van der Waals surface area contributed by atoms with E-state index in [-0.39, 0.29) is 0 Å². The molecule has 0 unspecified atom stereocenters. The summed E-state index contributed by atoms with van der Waals surface area (Å²) in [4.78, 5) is 0. The molecule has 0 bridgehead atoms. The highest BCUT2D eigenvalue weighted by Crippen LogP contribution is 2.25. The molecule has 0 N–H and O–H groups in total. The van der Waals surface area contributed by atoms with Gasteiger partial charge in [0.05, 0.1) is 13.2 Å². The van der Waals surface area contributed by atoms with Gasteiger partial charge in [-0.05, 0) is 91.2 Å². The van der Waals surface area contributed by atoms with Crippen molar-refractivity contribution in [2.24, 2.45) is 0 Å². The molecule has 0 amide bonds. The minimum atomic E-state index is -1.95. The first kappa shape index (κ1) is 28.0. The SMILES string of the molecule is C=Cc1ccc([Si](C)(C)O[Si](C)(C)CCCOc2ccc(-c3ccc(OCCCC)cc3)cc2)cc1. The molecule has 0 aliphatic heterocycles. The van der Waals surface area contributed by atoms with Crippen molar-refractivity contribution < 1.29 is 13.6 Å². The van der Waals surface area contributed by atoms with E-state index >= 15 is 0 Å². The minimum absolute atomic E-state index is 0.707. The molecule has 0 aromatic heterocycles. The molecule has 3 nitrogen and oxygen atoms in total. The van der Waals surface area contributed by atoms with Crippen LogP contribution in [0.1, 0.15) is 31.7 Å². The Morgan fingerprint density at radius 1 is 0.694 bits per heavy atom. The molecule has 0 spiro atoms. The van der Waals surface area contributed by atoms with E-state index in [0.717, 1.165) is 49.0 Å². The lowest BCUT2D eigenvalue weighted by atomic mass is 10.1. The van der Waals surface area contributed by atoms with Gasteiger partial charge in [-0.2, -0.15) is 0 Å². The third kappa shape index (κ3) is 8.51. The number of hydrogen-bond acceptors (Lipinski definition) is 3. The largest absolute Gasteiger partial charge is 0.494 e. The summed E-state index contributed by atoms with van der Waals surface area (Å²) in [6.07, 6.45) is 5.11. The Morgan fingerprint density at radius 2 is 1.19 bits per heavy atom. The number of hydrogen-bond donors (Lipinski definition) is 0. The van der Waals surface area contributed by atoms with Crippen molar-refractivity contribution in [2.45, 2.75) is 58.4 Å². The Balaban J connectivity index is 1.45. The molecule has 0 saturated carbocycles. The predicted molar refractivity (Wildman–Crippen MR) is 159 cm³/mol. The second-order valence-electron chi connectivity index (χ2n) is 10.4.